The average molecular weight is 384 g/mol. The van der Waals surface area contributed by atoms with Gasteiger partial charge in [-0.3, -0.25) is 14.4 Å². The number of fused-ring (bicyclic) bond motifs is 1. The summed E-state index contributed by atoms with van der Waals surface area (Å²) in [6, 6.07) is 5.20. The molecule has 2 amide bonds. The maximum Gasteiger partial charge on any atom is 0.245 e. The molecule has 150 valence electrons. The van der Waals surface area contributed by atoms with Crippen LogP contribution in [0.4, 0.5) is 0 Å². The first-order valence-electron chi connectivity index (χ1n) is 10.3. The van der Waals surface area contributed by atoms with E-state index in [1.54, 1.807) is 4.90 Å². The summed E-state index contributed by atoms with van der Waals surface area (Å²) < 4.78 is 6.31. The summed E-state index contributed by atoms with van der Waals surface area (Å²) in [7, 11) is 0. The Kier molecular flexibility index (Phi) is 4.89. The van der Waals surface area contributed by atoms with E-state index >= 15 is 0 Å². The fourth-order valence-corrected chi connectivity index (χ4v) is 4.68. The van der Waals surface area contributed by atoms with Gasteiger partial charge in [-0.25, -0.2) is 0 Å². The zero-order valence-electron chi connectivity index (χ0n) is 16.7. The molecule has 3 aliphatic heterocycles. The van der Waals surface area contributed by atoms with Crippen LogP contribution in [0.2, 0.25) is 0 Å². The lowest BCUT2D eigenvalue weighted by atomic mass is 9.84. The van der Waals surface area contributed by atoms with Crippen molar-refractivity contribution in [2.24, 2.45) is 0 Å². The number of rotatable bonds is 2. The largest absolute Gasteiger partial charge is 0.486 e. The van der Waals surface area contributed by atoms with Crippen molar-refractivity contribution in [1.82, 2.24) is 9.80 Å². The van der Waals surface area contributed by atoms with Gasteiger partial charge in [-0.05, 0) is 45.2 Å². The number of amides is 2. The van der Waals surface area contributed by atoms with Crippen molar-refractivity contribution in [2.75, 3.05) is 19.6 Å². The monoisotopic (exact) mass is 384 g/mol. The molecule has 1 aromatic carbocycles. The zero-order chi connectivity index (χ0) is 19.9. The van der Waals surface area contributed by atoms with E-state index in [0.29, 0.717) is 43.5 Å². The number of hydrogen-bond donors (Lipinski definition) is 0. The maximum absolute atomic E-state index is 12.8. The topological polar surface area (TPSA) is 66.9 Å². The van der Waals surface area contributed by atoms with Crippen LogP contribution in [0.1, 0.15) is 61.4 Å². The Bertz CT molecular complexity index is 815. The first-order chi connectivity index (χ1) is 13.4. The normalized spacial score (nSPS) is 26.1. The highest BCUT2D eigenvalue weighted by Gasteiger charge is 2.44. The summed E-state index contributed by atoms with van der Waals surface area (Å²) in [5, 5.41) is 0. The van der Waals surface area contributed by atoms with Crippen LogP contribution >= 0.6 is 0 Å². The number of hydrogen-bond acceptors (Lipinski definition) is 4. The van der Waals surface area contributed by atoms with Crippen molar-refractivity contribution < 1.29 is 19.1 Å². The molecule has 0 aliphatic carbocycles. The standard InChI is InChI=1S/C22H28N2O4/c1-15-5-6-19-17(13-15)18(25)14-22(28-19)8-7-20(26)24(12-9-22)16(2)21(27)23-10-3-4-11-23/h5-6,13,16H,3-4,7-12,14H2,1-2H3/t16-,22+/m1/s1. The second kappa shape index (κ2) is 7.22. The summed E-state index contributed by atoms with van der Waals surface area (Å²) in [6.45, 7) is 5.78. The highest BCUT2D eigenvalue weighted by Crippen LogP contribution is 2.40. The Hall–Kier alpha value is -2.37. The molecular weight excluding hydrogens is 356 g/mol. The van der Waals surface area contributed by atoms with Crippen LogP contribution in [0, 0.1) is 6.92 Å². The van der Waals surface area contributed by atoms with Crippen LogP contribution in [0.25, 0.3) is 0 Å². The third kappa shape index (κ3) is 3.40. The molecule has 2 saturated heterocycles. The molecule has 0 N–H and O–H groups in total. The van der Waals surface area contributed by atoms with Crippen molar-refractivity contribution >= 4 is 17.6 Å². The molecule has 28 heavy (non-hydrogen) atoms. The van der Waals surface area contributed by atoms with Gasteiger partial charge in [0.05, 0.1) is 12.0 Å². The van der Waals surface area contributed by atoms with Gasteiger partial charge in [-0.15, -0.1) is 0 Å². The van der Waals surface area contributed by atoms with E-state index in [1.807, 2.05) is 36.9 Å². The van der Waals surface area contributed by atoms with Gasteiger partial charge in [0.15, 0.2) is 5.78 Å². The van der Waals surface area contributed by atoms with Crippen LogP contribution in [0.15, 0.2) is 18.2 Å². The number of carbonyl (C=O) groups is 3. The fourth-order valence-electron chi connectivity index (χ4n) is 4.68. The molecule has 2 atom stereocenters. The maximum atomic E-state index is 12.8. The summed E-state index contributed by atoms with van der Waals surface area (Å²) in [5.74, 6) is 0.696. The van der Waals surface area contributed by atoms with Gasteiger partial charge in [-0.2, -0.15) is 0 Å². The van der Waals surface area contributed by atoms with Crippen molar-refractivity contribution in [3.8, 4) is 5.75 Å². The lowest BCUT2D eigenvalue weighted by Gasteiger charge is -2.37. The Morgan fingerprint density at radius 2 is 1.89 bits per heavy atom. The molecule has 0 unspecified atom stereocenters. The van der Waals surface area contributed by atoms with E-state index < -0.39 is 11.6 Å². The zero-order valence-corrected chi connectivity index (χ0v) is 16.7. The predicted molar refractivity (Wildman–Crippen MR) is 104 cm³/mol. The molecule has 6 nitrogen and oxygen atoms in total. The number of benzene rings is 1. The van der Waals surface area contributed by atoms with E-state index in [4.69, 9.17) is 4.74 Å². The molecule has 0 aromatic heterocycles. The van der Waals surface area contributed by atoms with Gasteiger partial charge in [0.1, 0.15) is 17.4 Å². The highest BCUT2D eigenvalue weighted by molar-refractivity contribution is 6.00. The van der Waals surface area contributed by atoms with Crippen LogP contribution in [-0.2, 0) is 9.59 Å². The van der Waals surface area contributed by atoms with Gasteiger partial charge in [-0.1, -0.05) is 11.6 Å². The van der Waals surface area contributed by atoms with Gasteiger partial charge < -0.3 is 14.5 Å². The molecule has 2 fully saturated rings. The number of aryl methyl sites for hydroxylation is 1. The van der Waals surface area contributed by atoms with Crippen molar-refractivity contribution in [2.45, 2.75) is 64.0 Å². The molecule has 4 rings (SSSR count). The van der Waals surface area contributed by atoms with Crippen molar-refractivity contribution in [3.63, 3.8) is 0 Å². The summed E-state index contributed by atoms with van der Waals surface area (Å²) in [4.78, 5) is 41.9. The highest BCUT2D eigenvalue weighted by atomic mass is 16.5. The van der Waals surface area contributed by atoms with Crippen LogP contribution in [0.5, 0.6) is 5.75 Å². The summed E-state index contributed by atoms with van der Waals surface area (Å²) in [6.07, 6.45) is 3.72. The minimum absolute atomic E-state index is 0.0253. The average Bonchev–Trinajstić information content (AvgIpc) is 3.16. The van der Waals surface area contributed by atoms with E-state index in [-0.39, 0.29) is 17.6 Å². The van der Waals surface area contributed by atoms with Gasteiger partial charge in [0.25, 0.3) is 0 Å². The van der Waals surface area contributed by atoms with Crippen molar-refractivity contribution in [1.29, 1.82) is 0 Å². The van der Waals surface area contributed by atoms with E-state index in [2.05, 4.69) is 0 Å². The molecule has 3 aliphatic rings. The second-order valence-corrected chi connectivity index (χ2v) is 8.43. The minimum atomic E-state index is -0.653. The number of ether oxygens (including phenoxy) is 1. The van der Waals surface area contributed by atoms with Crippen LogP contribution in [0.3, 0.4) is 0 Å². The van der Waals surface area contributed by atoms with Crippen molar-refractivity contribution in [3.05, 3.63) is 29.3 Å². The molecule has 1 spiro atoms. The predicted octanol–water partition coefficient (Wildman–Crippen LogP) is 2.72. The number of likely N-dealkylation sites (tertiary alicyclic amines) is 2. The summed E-state index contributed by atoms with van der Waals surface area (Å²) >= 11 is 0. The quantitative estimate of drug-likeness (QED) is 0.786. The van der Waals surface area contributed by atoms with Gasteiger partial charge >= 0.3 is 0 Å². The Labute approximate surface area is 165 Å². The number of Topliss-reactive ketones (excluding diaryl/α,β-unsaturated/α-hetero) is 1. The molecule has 0 radical (unpaired) electrons. The minimum Gasteiger partial charge on any atom is -0.486 e. The smallest absolute Gasteiger partial charge is 0.245 e. The Balaban J connectivity index is 1.51. The number of nitrogens with zero attached hydrogens (tertiary/aromatic N) is 2. The third-order valence-electron chi connectivity index (χ3n) is 6.41. The molecule has 0 saturated carbocycles. The SMILES string of the molecule is Cc1ccc2c(c1)C(=O)C[C@@]1(CCC(=O)N([C@H](C)C(=O)N3CCCC3)CC1)O2. The van der Waals surface area contributed by atoms with E-state index in [9.17, 15) is 14.4 Å². The fraction of sp³-hybridized carbons (Fsp3) is 0.591. The lowest BCUT2D eigenvalue weighted by Crippen LogP contribution is -2.49. The van der Waals surface area contributed by atoms with Gasteiger partial charge in [0, 0.05) is 32.5 Å². The third-order valence-corrected chi connectivity index (χ3v) is 6.41. The summed E-state index contributed by atoms with van der Waals surface area (Å²) in [5.41, 5.74) is 1.01. The van der Waals surface area contributed by atoms with E-state index in [1.165, 1.54) is 0 Å². The Morgan fingerprint density at radius 3 is 2.64 bits per heavy atom. The molecular formula is C22H28N2O4. The number of carbonyl (C=O) groups excluding carboxylic acids is 3. The first kappa shape index (κ1) is 19.0. The molecule has 6 heteroatoms. The second-order valence-electron chi connectivity index (χ2n) is 8.43. The molecule has 0 bridgehead atoms. The van der Waals surface area contributed by atoms with E-state index in [0.717, 1.165) is 31.5 Å². The van der Waals surface area contributed by atoms with Gasteiger partial charge in [0.2, 0.25) is 11.8 Å². The molecule has 3 heterocycles. The lowest BCUT2D eigenvalue weighted by molar-refractivity contribution is -0.144. The number of ketones is 1. The van der Waals surface area contributed by atoms with Crippen LogP contribution < -0.4 is 4.74 Å². The molecule has 1 aromatic rings. The van der Waals surface area contributed by atoms with Crippen LogP contribution in [-0.4, -0.2) is 58.7 Å². The Morgan fingerprint density at radius 1 is 1.14 bits per heavy atom. The first-order valence-corrected chi connectivity index (χ1v) is 10.3.